The number of hydrogen-bond donors (Lipinski definition) is 1. The number of ether oxygens (including phenoxy) is 1. The van der Waals surface area contributed by atoms with E-state index in [0.717, 1.165) is 12.1 Å². The second-order valence-corrected chi connectivity index (χ2v) is 11.4. The van der Waals surface area contributed by atoms with E-state index in [9.17, 15) is 22.8 Å². The zero-order valence-electron chi connectivity index (χ0n) is 25.6. The minimum Gasteiger partial charge on any atom is -0.443 e. The zero-order chi connectivity index (χ0) is 33.2. The highest BCUT2D eigenvalue weighted by atomic mass is 19.4. The van der Waals surface area contributed by atoms with Crippen molar-refractivity contribution >= 4 is 29.3 Å². The van der Waals surface area contributed by atoms with Gasteiger partial charge in [-0.25, -0.2) is 24.6 Å². The number of halogens is 3. The molecule has 0 fully saturated rings. The summed E-state index contributed by atoms with van der Waals surface area (Å²) in [5, 5.41) is 2.66. The predicted octanol–water partition coefficient (Wildman–Crippen LogP) is 7.69. The molecule has 0 aliphatic heterocycles. The highest BCUT2D eigenvalue weighted by molar-refractivity contribution is 6.05. The van der Waals surface area contributed by atoms with E-state index >= 15 is 0 Å². The third-order valence-corrected chi connectivity index (χ3v) is 6.60. The summed E-state index contributed by atoms with van der Waals surface area (Å²) in [6.45, 7) is 8.60. The molecule has 0 unspecified atom stereocenters. The number of carbonyl (C=O) groups is 2. The van der Waals surface area contributed by atoms with E-state index in [1.165, 1.54) is 34.1 Å². The second-order valence-electron chi connectivity index (χ2n) is 11.4. The lowest BCUT2D eigenvalue weighted by Gasteiger charge is -2.27. The highest BCUT2D eigenvalue weighted by Gasteiger charge is 2.32. The SMILES string of the molecule is Cc1cn(-c2cc(C(=O)Nc3ccc(C)c(N(C(=O)OC(C)(C)C)c4nccc(-c5cccnc5)n4)c3)cc(C(F)(F)F)c2)cn1. The van der Waals surface area contributed by atoms with Crippen molar-refractivity contribution in [2.24, 2.45) is 0 Å². The standard InChI is InChI=1S/C33H30F3N7O3/c1-20-8-9-25(40-29(44)23-13-24(33(34,35)36)15-26(14-23)42-18-21(2)39-19-42)16-28(20)43(31(45)46-32(3,4)5)30-38-12-10-27(41-30)22-7-6-11-37-17-22/h6-19H,1-5H3,(H,40,44). The number of imidazole rings is 1. The molecular weight excluding hydrogens is 599 g/mol. The molecule has 0 aliphatic rings. The first kappa shape index (κ1) is 31.8. The van der Waals surface area contributed by atoms with Crippen LogP contribution in [0, 0.1) is 13.8 Å². The van der Waals surface area contributed by atoms with Gasteiger partial charge < -0.3 is 14.6 Å². The van der Waals surface area contributed by atoms with Crippen LogP contribution in [0.4, 0.5) is 35.3 Å². The third-order valence-electron chi connectivity index (χ3n) is 6.60. The van der Waals surface area contributed by atoms with Crippen molar-refractivity contribution < 1.29 is 27.5 Å². The molecule has 236 valence electrons. The molecule has 1 N–H and O–H groups in total. The van der Waals surface area contributed by atoms with Crippen LogP contribution in [0.5, 0.6) is 0 Å². The summed E-state index contributed by atoms with van der Waals surface area (Å²) in [7, 11) is 0. The molecule has 0 saturated heterocycles. The number of carbonyl (C=O) groups excluding carboxylic acids is 2. The summed E-state index contributed by atoms with van der Waals surface area (Å²) >= 11 is 0. The van der Waals surface area contributed by atoms with Crippen LogP contribution in [0.25, 0.3) is 16.9 Å². The summed E-state index contributed by atoms with van der Waals surface area (Å²) in [4.78, 5) is 45.3. The number of benzene rings is 2. The van der Waals surface area contributed by atoms with E-state index in [0.29, 0.717) is 22.5 Å². The van der Waals surface area contributed by atoms with Crippen LogP contribution < -0.4 is 10.2 Å². The number of aromatic nitrogens is 5. The number of alkyl halides is 3. The number of aryl methyl sites for hydroxylation is 2. The van der Waals surface area contributed by atoms with E-state index < -0.39 is 29.3 Å². The van der Waals surface area contributed by atoms with E-state index in [1.807, 2.05) is 6.07 Å². The summed E-state index contributed by atoms with van der Waals surface area (Å²) in [5.41, 5.74) is 0.923. The van der Waals surface area contributed by atoms with Crippen LogP contribution in [-0.2, 0) is 10.9 Å². The molecule has 0 saturated carbocycles. The Labute approximate surface area is 262 Å². The number of nitrogens with zero attached hydrogens (tertiary/aromatic N) is 6. The molecule has 2 aromatic carbocycles. The largest absolute Gasteiger partial charge is 0.443 e. The van der Waals surface area contributed by atoms with Gasteiger partial charge >= 0.3 is 12.3 Å². The van der Waals surface area contributed by atoms with E-state index in [-0.39, 0.29) is 28.6 Å². The van der Waals surface area contributed by atoms with Crippen molar-refractivity contribution in [2.45, 2.75) is 46.4 Å². The summed E-state index contributed by atoms with van der Waals surface area (Å²) < 4.78 is 48.5. The molecule has 3 heterocycles. The lowest BCUT2D eigenvalue weighted by Crippen LogP contribution is -2.35. The van der Waals surface area contributed by atoms with E-state index in [4.69, 9.17) is 4.74 Å². The lowest BCUT2D eigenvalue weighted by atomic mass is 10.1. The summed E-state index contributed by atoms with van der Waals surface area (Å²) in [6, 6.07) is 13.0. The predicted molar refractivity (Wildman–Crippen MR) is 166 cm³/mol. The van der Waals surface area contributed by atoms with Crippen molar-refractivity contribution in [3.63, 3.8) is 0 Å². The highest BCUT2D eigenvalue weighted by Crippen LogP contribution is 2.34. The Hall–Kier alpha value is -5.59. The monoisotopic (exact) mass is 629 g/mol. The molecule has 3 aromatic heterocycles. The summed E-state index contributed by atoms with van der Waals surface area (Å²) in [6.07, 6.45) is 2.20. The maximum Gasteiger partial charge on any atom is 0.421 e. The van der Waals surface area contributed by atoms with Gasteiger partial charge in [0.15, 0.2) is 0 Å². The fourth-order valence-electron chi connectivity index (χ4n) is 4.48. The van der Waals surface area contributed by atoms with Crippen LogP contribution in [-0.4, -0.2) is 42.1 Å². The number of rotatable bonds is 6. The maximum absolute atomic E-state index is 13.8. The first-order valence-electron chi connectivity index (χ1n) is 14.1. The number of hydrogen-bond acceptors (Lipinski definition) is 7. The number of anilines is 3. The van der Waals surface area contributed by atoms with Crippen LogP contribution in [0.2, 0.25) is 0 Å². The molecule has 13 heteroatoms. The molecule has 10 nitrogen and oxygen atoms in total. The van der Waals surface area contributed by atoms with Crippen molar-refractivity contribution in [1.29, 1.82) is 0 Å². The fourth-order valence-corrected chi connectivity index (χ4v) is 4.48. The van der Waals surface area contributed by atoms with Crippen LogP contribution in [0.3, 0.4) is 0 Å². The normalized spacial score (nSPS) is 11.7. The van der Waals surface area contributed by atoms with Crippen molar-refractivity contribution in [2.75, 3.05) is 10.2 Å². The van der Waals surface area contributed by atoms with Gasteiger partial charge in [-0.1, -0.05) is 6.07 Å². The third kappa shape index (κ3) is 7.37. The molecule has 46 heavy (non-hydrogen) atoms. The smallest absolute Gasteiger partial charge is 0.421 e. The quantitative estimate of drug-likeness (QED) is 0.205. The molecule has 5 aromatic rings. The molecule has 0 spiro atoms. The van der Waals surface area contributed by atoms with Gasteiger partial charge in [0.25, 0.3) is 5.91 Å². The average Bonchev–Trinajstić information content (AvgIpc) is 3.44. The Morgan fingerprint density at radius 1 is 0.957 bits per heavy atom. The molecule has 0 atom stereocenters. The van der Waals surface area contributed by atoms with Crippen molar-refractivity contribution in [3.05, 3.63) is 108 Å². The first-order chi connectivity index (χ1) is 21.7. The van der Waals surface area contributed by atoms with Gasteiger partial charge in [0, 0.05) is 47.3 Å². The van der Waals surface area contributed by atoms with Gasteiger partial charge in [-0.05, 0) is 88.7 Å². The van der Waals surface area contributed by atoms with Gasteiger partial charge in [0.2, 0.25) is 5.95 Å². The topological polar surface area (TPSA) is 115 Å². The molecule has 0 aliphatic carbocycles. The Morgan fingerprint density at radius 3 is 2.39 bits per heavy atom. The fraction of sp³-hybridized carbons (Fsp3) is 0.212. The van der Waals surface area contributed by atoms with Gasteiger partial charge in [-0.15, -0.1) is 0 Å². The lowest BCUT2D eigenvalue weighted by molar-refractivity contribution is -0.137. The van der Waals surface area contributed by atoms with E-state index in [1.54, 1.807) is 77.5 Å². The molecule has 5 rings (SSSR count). The average molecular weight is 630 g/mol. The van der Waals surface area contributed by atoms with Crippen LogP contribution >= 0.6 is 0 Å². The number of pyridine rings is 1. The van der Waals surface area contributed by atoms with Gasteiger partial charge in [0.05, 0.1) is 29.0 Å². The number of nitrogens with one attached hydrogen (secondary N) is 1. The zero-order valence-corrected chi connectivity index (χ0v) is 25.6. The van der Waals surface area contributed by atoms with Crippen LogP contribution in [0.15, 0.2) is 85.7 Å². The van der Waals surface area contributed by atoms with Crippen LogP contribution in [0.1, 0.15) is 48.0 Å². The number of amides is 2. The minimum atomic E-state index is -4.70. The first-order valence-corrected chi connectivity index (χ1v) is 14.1. The Morgan fingerprint density at radius 2 is 1.74 bits per heavy atom. The minimum absolute atomic E-state index is 0.000301. The molecule has 2 amide bonds. The van der Waals surface area contributed by atoms with Gasteiger partial charge in [0.1, 0.15) is 5.60 Å². The second kappa shape index (κ2) is 12.4. The molecule has 0 radical (unpaired) electrons. The molecular formula is C33H30F3N7O3. The summed E-state index contributed by atoms with van der Waals surface area (Å²) in [5.74, 6) is -0.794. The van der Waals surface area contributed by atoms with Gasteiger partial charge in [-0.3, -0.25) is 9.78 Å². The Bertz CT molecular complexity index is 1900. The van der Waals surface area contributed by atoms with Crippen molar-refractivity contribution in [1.82, 2.24) is 24.5 Å². The van der Waals surface area contributed by atoms with Crippen molar-refractivity contribution in [3.8, 4) is 16.9 Å². The Kier molecular flexibility index (Phi) is 8.59. The maximum atomic E-state index is 13.8. The molecule has 0 bridgehead atoms. The van der Waals surface area contributed by atoms with Gasteiger partial charge in [-0.2, -0.15) is 13.2 Å². The van der Waals surface area contributed by atoms with E-state index in [2.05, 4.69) is 25.3 Å². The Balaban J connectivity index is 1.54.